The van der Waals surface area contributed by atoms with Crippen molar-refractivity contribution >= 4 is 17.3 Å². The molecule has 144 valence electrons. The van der Waals surface area contributed by atoms with E-state index in [4.69, 9.17) is 14.2 Å². The van der Waals surface area contributed by atoms with Crippen LogP contribution in [0.15, 0.2) is 12.1 Å². The number of rotatable bonds is 4. The van der Waals surface area contributed by atoms with Gasteiger partial charge >= 0.3 is 0 Å². The normalized spacial score (nSPS) is 21.4. The van der Waals surface area contributed by atoms with Crippen LogP contribution in [0, 0.1) is 11.6 Å². The van der Waals surface area contributed by atoms with Crippen LogP contribution in [0.25, 0.3) is 0 Å². The number of hydrogen-bond donors (Lipinski definition) is 1. The summed E-state index contributed by atoms with van der Waals surface area (Å²) in [5.74, 6) is -1.41. The topological polar surface area (TPSA) is 63.3 Å². The number of morpholine rings is 1. The van der Waals surface area contributed by atoms with Gasteiger partial charge in [0.15, 0.2) is 11.6 Å². The minimum absolute atomic E-state index is 0.0289. The van der Waals surface area contributed by atoms with Gasteiger partial charge in [0.25, 0.3) is 0 Å². The van der Waals surface area contributed by atoms with Crippen molar-refractivity contribution in [1.29, 1.82) is 0 Å². The smallest absolute Gasteiger partial charge is 0.216 e. The first-order valence-electron chi connectivity index (χ1n) is 8.55. The molecule has 3 rings (SSSR count). The molecule has 1 amide bonds. The molecule has 0 aliphatic carbocycles. The van der Waals surface area contributed by atoms with E-state index in [1.807, 2.05) is 0 Å². The van der Waals surface area contributed by atoms with E-state index >= 15 is 0 Å². The maximum Gasteiger partial charge on any atom is 0.216 e. The largest absolute Gasteiger partial charge is 0.378 e. The summed E-state index contributed by atoms with van der Waals surface area (Å²) >= 11 is 0. The summed E-state index contributed by atoms with van der Waals surface area (Å²) in [4.78, 5) is 14.4. The van der Waals surface area contributed by atoms with Crippen molar-refractivity contribution in [3.63, 3.8) is 0 Å². The first-order chi connectivity index (χ1) is 12.5. The lowest BCUT2D eigenvalue weighted by atomic mass is 10.2. The van der Waals surface area contributed by atoms with Crippen LogP contribution in [0.2, 0.25) is 0 Å². The number of benzene rings is 1. The van der Waals surface area contributed by atoms with Gasteiger partial charge in [0, 0.05) is 38.8 Å². The van der Waals surface area contributed by atoms with E-state index in [-0.39, 0.29) is 31.2 Å². The van der Waals surface area contributed by atoms with Crippen LogP contribution in [0.3, 0.4) is 0 Å². The van der Waals surface area contributed by atoms with Crippen molar-refractivity contribution in [2.75, 3.05) is 62.7 Å². The second-order valence-corrected chi connectivity index (χ2v) is 6.26. The van der Waals surface area contributed by atoms with Gasteiger partial charge in [-0.2, -0.15) is 0 Å². The lowest BCUT2D eigenvalue weighted by Crippen LogP contribution is -2.40. The van der Waals surface area contributed by atoms with Gasteiger partial charge in [0.1, 0.15) is 19.2 Å². The van der Waals surface area contributed by atoms with Crippen molar-refractivity contribution in [3.8, 4) is 0 Å². The second-order valence-electron chi connectivity index (χ2n) is 6.26. The predicted octanol–water partition coefficient (Wildman–Crippen LogP) is 1.07. The molecule has 0 aromatic heterocycles. The van der Waals surface area contributed by atoms with Gasteiger partial charge in [0.05, 0.1) is 19.3 Å². The molecular formula is C17H23F2N3O4. The molecule has 0 saturated carbocycles. The fourth-order valence-corrected chi connectivity index (χ4v) is 3.03. The maximum atomic E-state index is 14.6. The summed E-state index contributed by atoms with van der Waals surface area (Å²) < 4.78 is 45.3. The Balaban J connectivity index is 1.76. The van der Waals surface area contributed by atoms with Crippen LogP contribution < -0.4 is 15.1 Å². The first-order valence-corrected chi connectivity index (χ1v) is 8.55. The van der Waals surface area contributed by atoms with Gasteiger partial charge in [-0.3, -0.25) is 4.79 Å². The minimum Gasteiger partial charge on any atom is -0.378 e. The van der Waals surface area contributed by atoms with E-state index in [9.17, 15) is 13.6 Å². The Morgan fingerprint density at radius 2 is 1.88 bits per heavy atom. The van der Waals surface area contributed by atoms with Crippen molar-refractivity contribution in [1.82, 2.24) is 5.32 Å². The lowest BCUT2D eigenvalue weighted by molar-refractivity contribution is -0.120. The molecule has 1 aromatic carbocycles. The Morgan fingerprint density at radius 3 is 2.54 bits per heavy atom. The molecular weight excluding hydrogens is 348 g/mol. The molecule has 26 heavy (non-hydrogen) atoms. The Hall–Kier alpha value is -1.97. The SMILES string of the molecule is CC(=O)NC[C@H]1CN(c2cc(F)c(N3CCOCC3)c(F)c2)COCO1. The molecule has 1 aromatic rings. The molecule has 0 bridgehead atoms. The average Bonchev–Trinajstić information content (AvgIpc) is 2.86. The molecule has 2 saturated heterocycles. The average molecular weight is 371 g/mol. The van der Waals surface area contributed by atoms with E-state index in [2.05, 4.69) is 5.32 Å². The fourth-order valence-electron chi connectivity index (χ4n) is 3.03. The van der Waals surface area contributed by atoms with E-state index < -0.39 is 11.6 Å². The molecule has 7 nitrogen and oxygen atoms in total. The molecule has 2 aliphatic rings. The molecule has 0 radical (unpaired) electrons. The van der Waals surface area contributed by atoms with Crippen LogP contribution in [0.1, 0.15) is 6.92 Å². The number of hydrogen-bond acceptors (Lipinski definition) is 6. The van der Waals surface area contributed by atoms with Gasteiger partial charge < -0.3 is 29.3 Å². The van der Waals surface area contributed by atoms with Crippen molar-refractivity contribution < 1.29 is 27.8 Å². The van der Waals surface area contributed by atoms with Crippen molar-refractivity contribution in [3.05, 3.63) is 23.8 Å². The molecule has 9 heteroatoms. The summed E-state index contributed by atoms with van der Waals surface area (Å²) in [5.41, 5.74) is 0.342. The van der Waals surface area contributed by atoms with Gasteiger partial charge in [0.2, 0.25) is 5.91 Å². The Bertz CT molecular complexity index is 617. The number of halogens is 2. The summed E-state index contributed by atoms with van der Waals surface area (Å²) in [7, 11) is 0. The van der Waals surface area contributed by atoms with Crippen LogP contribution >= 0.6 is 0 Å². The summed E-state index contributed by atoms with van der Waals surface area (Å²) in [5, 5.41) is 2.68. The van der Waals surface area contributed by atoms with Gasteiger partial charge in [-0.1, -0.05) is 0 Å². The quantitative estimate of drug-likeness (QED) is 0.855. The van der Waals surface area contributed by atoms with E-state index in [0.29, 0.717) is 45.1 Å². The number of carbonyl (C=O) groups is 1. The molecule has 2 heterocycles. The molecule has 2 aliphatic heterocycles. The highest BCUT2D eigenvalue weighted by molar-refractivity contribution is 5.72. The third-order valence-electron chi connectivity index (χ3n) is 4.33. The number of anilines is 2. The molecule has 0 unspecified atom stereocenters. The zero-order valence-electron chi connectivity index (χ0n) is 14.7. The number of nitrogens with zero attached hydrogens (tertiary/aromatic N) is 2. The Labute approximate surface area is 150 Å². The highest BCUT2D eigenvalue weighted by Gasteiger charge is 2.24. The van der Waals surface area contributed by atoms with Crippen molar-refractivity contribution in [2.45, 2.75) is 13.0 Å². The van der Waals surface area contributed by atoms with Crippen LogP contribution in [-0.2, 0) is 19.0 Å². The number of amides is 1. The maximum absolute atomic E-state index is 14.6. The highest BCUT2D eigenvalue weighted by atomic mass is 19.1. The second kappa shape index (κ2) is 8.61. The molecule has 0 spiro atoms. The zero-order valence-corrected chi connectivity index (χ0v) is 14.7. The molecule has 2 fully saturated rings. The highest BCUT2D eigenvalue weighted by Crippen LogP contribution is 2.30. The van der Waals surface area contributed by atoms with E-state index in [1.165, 1.54) is 19.1 Å². The summed E-state index contributed by atoms with van der Waals surface area (Å²) in [6, 6.07) is 2.61. The minimum atomic E-state index is -0.620. The molecule has 1 N–H and O–H groups in total. The summed E-state index contributed by atoms with van der Waals surface area (Å²) in [6.45, 7) is 4.05. The first kappa shape index (κ1) is 18.8. The van der Waals surface area contributed by atoms with Crippen LogP contribution in [-0.4, -0.2) is 64.9 Å². The third kappa shape index (κ3) is 4.60. The van der Waals surface area contributed by atoms with E-state index in [0.717, 1.165) is 0 Å². The number of nitrogens with one attached hydrogen (secondary N) is 1. The Morgan fingerprint density at radius 1 is 1.19 bits per heavy atom. The summed E-state index contributed by atoms with van der Waals surface area (Å²) in [6.07, 6.45) is -0.341. The third-order valence-corrected chi connectivity index (χ3v) is 4.33. The van der Waals surface area contributed by atoms with Gasteiger partial charge in [-0.25, -0.2) is 8.78 Å². The Kier molecular flexibility index (Phi) is 6.23. The monoisotopic (exact) mass is 371 g/mol. The van der Waals surface area contributed by atoms with Crippen LogP contribution in [0.4, 0.5) is 20.2 Å². The van der Waals surface area contributed by atoms with Gasteiger partial charge in [-0.15, -0.1) is 0 Å². The van der Waals surface area contributed by atoms with Crippen molar-refractivity contribution in [2.24, 2.45) is 0 Å². The van der Waals surface area contributed by atoms with E-state index in [1.54, 1.807) is 9.80 Å². The molecule has 1 atom stereocenters. The van der Waals surface area contributed by atoms with Gasteiger partial charge in [-0.05, 0) is 12.1 Å². The lowest BCUT2D eigenvalue weighted by Gasteiger charge is -2.30. The fraction of sp³-hybridized carbons (Fsp3) is 0.588. The predicted molar refractivity (Wildman–Crippen MR) is 91.1 cm³/mol. The van der Waals surface area contributed by atoms with Crippen LogP contribution in [0.5, 0.6) is 0 Å². The standard InChI is InChI=1S/C17H23F2N3O4/c1-12(23)20-8-14-9-22(10-25-11-26-14)13-6-15(18)17(16(19)7-13)21-2-4-24-5-3-21/h6-7,14H,2-5,8-11H2,1H3,(H,20,23)/t14-/m0/s1. The number of carbonyl (C=O) groups excluding carboxylic acids is 1. The zero-order chi connectivity index (χ0) is 18.5. The number of ether oxygens (including phenoxy) is 3.